The van der Waals surface area contributed by atoms with Crippen LogP contribution in [0.5, 0.6) is 0 Å². The van der Waals surface area contributed by atoms with Crippen LogP contribution in [0.1, 0.15) is 0 Å². The molecule has 0 unspecified atom stereocenters. The van der Waals surface area contributed by atoms with Gasteiger partial charge in [-0.15, -0.1) is 0 Å². The molecule has 0 fully saturated rings. The van der Waals surface area contributed by atoms with Crippen molar-refractivity contribution in [2.24, 2.45) is 0 Å². The first-order chi connectivity index (χ1) is 6.83. The molecule has 0 radical (unpaired) electrons. The van der Waals surface area contributed by atoms with Crippen LogP contribution < -0.4 is 5.73 Å². The molecule has 4 nitrogen and oxygen atoms in total. The van der Waals surface area contributed by atoms with Crippen LogP contribution >= 0.6 is 0 Å². The number of nitrogens with zero attached hydrogens (tertiary/aromatic N) is 2. The minimum Gasteiger partial charge on any atom is -0.398 e. The van der Waals surface area contributed by atoms with Crippen molar-refractivity contribution >= 4 is 16.6 Å². The maximum Gasteiger partial charge on any atom is 0.0704 e. The molecule has 2 aromatic rings. The van der Waals surface area contributed by atoms with E-state index >= 15 is 0 Å². The van der Waals surface area contributed by atoms with Gasteiger partial charge in [-0.1, -0.05) is 6.07 Å². The van der Waals surface area contributed by atoms with Crippen LogP contribution in [0.25, 0.3) is 10.9 Å². The highest BCUT2D eigenvalue weighted by atomic mass is 16.5. The number of nitrogen functional groups attached to an aromatic ring is 1. The maximum atomic E-state index is 5.81. The van der Waals surface area contributed by atoms with E-state index in [1.807, 2.05) is 22.9 Å². The van der Waals surface area contributed by atoms with Crippen molar-refractivity contribution in [2.75, 3.05) is 19.5 Å². The number of hydrogen-bond donors (Lipinski definition) is 1. The molecule has 0 saturated heterocycles. The second kappa shape index (κ2) is 3.67. The average Bonchev–Trinajstić information content (AvgIpc) is 2.60. The van der Waals surface area contributed by atoms with Gasteiger partial charge in [0.2, 0.25) is 0 Å². The van der Waals surface area contributed by atoms with E-state index < -0.39 is 0 Å². The van der Waals surface area contributed by atoms with Crippen LogP contribution in [-0.4, -0.2) is 23.5 Å². The molecule has 4 heteroatoms. The van der Waals surface area contributed by atoms with Gasteiger partial charge in [0.1, 0.15) is 0 Å². The smallest absolute Gasteiger partial charge is 0.0704 e. The number of fused-ring (bicyclic) bond motifs is 1. The number of nitrogens with two attached hydrogens (primary N) is 1. The number of anilines is 1. The Morgan fingerprint density at radius 2 is 2.36 bits per heavy atom. The van der Waals surface area contributed by atoms with Crippen molar-refractivity contribution in [3.63, 3.8) is 0 Å². The molecule has 74 valence electrons. The molecular weight excluding hydrogens is 178 g/mol. The van der Waals surface area contributed by atoms with Crippen LogP contribution in [0.3, 0.4) is 0 Å². The van der Waals surface area contributed by atoms with E-state index in [1.54, 1.807) is 13.3 Å². The average molecular weight is 191 g/mol. The molecule has 1 heterocycles. The Balaban J connectivity index is 2.42. The minimum absolute atomic E-state index is 0.658. The Bertz CT molecular complexity index is 436. The lowest BCUT2D eigenvalue weighted by molar-refractivity contribution is 0.185. The molecule has 0 atom stereocenters. The van der Waals surface area contributed by atoms with E-state index in [0.29, 0.717) is 6.61 Å². The van der Waals surface area contributed by atoms with Crippen molar-refractivity contribution in [1.29, 1.82) is 0 Å². The van der Waals surface area contributed by atoms with Gasteiger partial charge in [0.15, 0.2) is 0 Å². The Morgan fingerprint density at radius 3 is 3.14 bits per heavy atom. The minimum atomic E-state index is 0.658. The van der Waals surface area contributed by atoms with Gasteiger partial charge >= 0.3 is 0 Å². The second-order valence-corrected chi connectivity index (χ2v) is 3.14. The first kappa shape index (κ1) is 9.02. The molecule has 0 aliphatic rings. The summed E-state index contributed by atoms with van der Waals surface area (Å²) in [4.78, 5) is 0. The Hall–Kier alpha value is -1.55. The van der Waals surface area contributed by atoms with Crippen molar-refractivity contribution in [3.05, 3.63) is 24.4 Å². The highest BCUT2D eigenvalue weighted by Gasteiger charge is 2.03. The van der Waals surface area contributed by atoms with Crippen molar-refractivity contribution < 1.29 is 4.74 Å². The summed E-state index contributed by atoms with van der Waals surface area (Å²) in [5.74, 6) is 0. The van der Waals surface area contributed by atoms with Gasteiger partial charge in [-0.2, -0.15) is 5.10 Å². The fourth-order valence-electron chi connectivity index (χ4n) is 1.48. The summed E-state index contributed by atoms with van der Waals surface area (Å²) < 4.78 is 6.90. The molecule has 14 heavy (non-hydrogen) atoms. The number of hydrogen-bond acceptors (Lipinski definition) is 3. The Kier molecular flexibility index (Phi) is 2.37. The highest BCUT2D eigenvalue weighted by molar-refractivity contribution is 5.90. The van der Waals surface area contributed by atoms with Crippen LogP contribution in [0.15, 0.2) is 24.4 Å². The van der Waals surface area contributed by atoms with E-state index in [0.717, 1.165) is 23.1 Å². The lowest BCUT2D eigenvalue weighted by Gasteiger charge is -2.02. The van der Waals surface area contributed by atoms with Gasteiger partial charge in [-0.25, -0.2) is 0 Å². The summed E-state index contributed by atoms with van der Waals surface area (Å²) in [5, 5.41) is 5.25. The zero-order chi connectivity index (χ0) is 9.97. The van der Waals surface area contributed by atoms with Crippen LogP contribution in [-0.2, 0) is 11.3 Å². The van der Waals surface area contributed by atoms with Gasteiger partial charge in [0, 0.05) is 18.2 Å². The molecule has 0 amide bonds. The van der Waals surface area contributed by atoms with Crippen molar-refractivity contribution in [3.8, 4) is 0 Å². The topological polar surface area (TPSA) is 53.1 Å². The number of rotatable bonds is 3. The number of methoxy groups -OCH3 is 1. The lowest BCUT2D eigenvalue weighted by Crippen LogP contribution is -2.05. The molecule has 1 aromatic carbocycles. The van der Waals surface area contributed by atoms with Gasteiger partial charge in [0.05, 0.1) is 24.9 Å². The third-order valence-electron chi connectivity index (χ3n) is 2.23. The Morgan fingerprint density at radius 1 is 1.50 bits per heavy atom. The van der Waals surface area contributed by atoms with Crippen molar-refractivity contribution in [2.45, 2.75) is 6.54 Å². The fraction of sp³-hybridized carbons (Fsp3) is 0.300. The standard InChI is InChI=1S/C10H13N3O/c1-14-6-5-13-10-4-2-3-9(11)8(10)7-12-13/h2-4,7H,5-6,11H2,1H3. The molecule has 0 aliphatic heterocycles. The quantitative estimate of drug-likeness (QED) is 0.743. The summed E-state index contributed by atoms with van der Waals surface area (Å²) >= 11 is 0. The molecule has 1 aromatic heterocycles. The molecule has 0 saturated carbocycles. The number of aromatic nitrogens is 2. The van der Waals surface area contributed by atoms with Crippen LogP contribution in [0.4, 0.5) is 5.69 Å². The molecular formula is C10H13N3O. The lowest BCUT2D eigenvalue weighted by atomic mass is 10.2. The van der Waals surface area contributed by atoms with Gasteiger partial charge in [0.25, 0.3) is 0 Å². The van der Waals surface area contributed by atoms with Gasteiger partial charge in [-0.3, -0.25) is 4.68 Å². The summed E-state index contributed by atoms with van der Waals surface area (Å²) in [6.07, 6.45) is 1.79. The first-order valence-electron chi connectivity index (χ1n) is 4.52. The van der Waals surface area contributed by atoms with Gasteiger partial charge < -0.3 is 10.5 Å². The molecule has 2 N–H and O–H groups in total. The zero-order valence-corrected chi connectivity index (χ0v) is 8.10. The van der Waals surface area contributed by atoms with E-state index in [9.17, 15) is 0 Å². The highest BCUT2D eigenvalue weighted by Crippen LogP contribution is 2.19. The predicted octanol–water partition coefficient (Wildman–Crippen LogP) is 1.26. The second-order valence-electron chi connectivity index (χ2n) is 3.14. The SMILES string of the molecule is COCCn1ncc2c(N)cccc21. The number of benzene rings is 1. The van der Waals surface area contributed by atoms with E-state index in [2.05, 4.69) is 5.10 Å². The fourth-order valence-corrected chi connectivity index (χ4v) is 1.48. The van der Waals surface area contributed by atoms with Crippen molar-refractivity contribution in [1.82, 2.24) is 9.78 Å². The zero-order valence-electron chi connectivity index (χ0n) is 8.10. The molecule has 0 spiro atoms. The first-order valence-corrected chi connectivity index (χ1v) is 4.52. The molecule has 2 rings (SSSR count). The summed E-state index contributed by atoms with van der Waals surface area (Å²) in [5.41, 5.74) is 7.64. The molecule has 0 aliphatic carbocycles. The van der Waals surface area contributed by atoms with Crippen LogP contribution in [0.2, 0.25) is 0 Å². The summed E-state index contributed by atoms with van der Waals surface area (Å²) in [6.45, 7) is 1.41. The summed E-state index contributed by atoms with van der Waals surface area (Å²) in [7, 11) is 1.68. The normalized spacial score (nSPS) is 10.9. The van der Waals surface area contributed by atoms with Crippen LogP contribution in [0, 0.1) is 0 Å². The summed E-state index contributed by atoms with van der Waals surface area (Å²) in [6, 6.07) is 5.82. The molecule has 0 bridgehead atoms. The Labute approximate surface area is 82.3 Å². The van der Waals surface area contributed by atoms with E-state index in [1.165, 1.54) is 0 Å². The third-order valence-corrected chi connectivity index (χ3v) is 2.23. The maximum absolute atomic E-state index is 5.81. The third kappa shape index (κ3) is 1.44. The number of ether oxygens (including phenoxy) is 1. The largest absolute Gasteiger partial charge is 0.398 e. The van der Waals surface area contributed by atoms with E-state index in [4.69, 9.17) is 10.5 Å². The van der Waals surface area contributed by atoms with Gasteiger partial charge in [-0.05, 0) is 12.1 Å². The van der Waals surface area contributed by atoms with E-state index in [-0.39, 0.29) is 0 Å². The monoisotopic (exact) mass is 191 g/mol. The predicted molar refractivity (Wildman–Crippen MR) is 56.0 cm³/mol.